The van der Waals surface area contributed by atoms with Crippen molar-refractivity contribution in [1.82, 2.24) is 4.57 Å². The van der Waals surface area contributed by atoms with E-state index < -0.39 is 17.7 Å². The summed E-state index contributed by atoms with van der Waals surface area (Å²) in [5.41, 5.74) is 0.361. The molecule has 2 heterocycles. The molecule has 1 aliphatic rings. The van der Waals surface area contributed by atoms with Crippen LogP contribution in [0.1, 0.15) is 19.4 Å². The second kappa shape index (κ2) is 6.24. The number of phenols is 1. The number of ether oxygens (including phenoxy) is 2. The number of aromatic nitrogens is 1. The second-order valence-electron chi connectivity index (χ2n) is 7.45. The fraction of sp³-hybridized carbons (Fsp3) is 0.333. The molecule has 7 heteroatoms. The fourth-order valence-corrected chi connectivity index (χ4v) is 3.85. The summed E-state index contributed by atoms with van der Waals surface area (Å²) in [5.74, 6) is -0.253. The number of aliphatic hydroxyl groups is 1. The number of hydrogen-bond acceptors (Lipinski definition) is 6. The van der Waals surface area contributed by atoms with Gasteiger partial charge in [-0.25, -0.2) is 0 Å². The highest BCUT2D eigenvalue weighted by molar-refractivity contribution is 5.99. The minimum atomic E-state index is -1.43. The number of pyridine rings is 1. The van der Waals surface area contributed by atoms with Crippen LogP contribution in [0.2, 0.25) is 0 Å². The lowest BCUT2D eigenvalue weighted by molar-refractivity contribution is -0.153. The van der Waals surface area contributed by atoms with E-state index in [0.29, 0.717) is 23.1 Å². The van der Waals surface area contributed by atoms with Crippen molar-refractivity contribution in [1.29, 1.82) is 0 Å². The Morgan fingerprint density at radius 3 is 2.82 bits per heavy atom. The van der Waals surface area contributed by atoms with Crippen LogP contribution in [0.15, 0.2) is 35.1 Å². The summed E-state index contributed by atoms with van der Waals surface area (Å²) in [7, 11) is 1.83. The first-order chi connectivity index (χ1) is 13.2. The largest absolute Gasteiger partial charge is 0.507 e. The van der Waals surface area contributed by atoms with Gasteiger partial charge in [-0.15, -0.1) is 0 Å². The molecule has 0 radical (unpaired) electrons. The van der Waals surface area contributed by atoms with Crippen molar-refractivity contribution in [3.8, 4) is 11.5 Å². The van der Waals surface area contributed by atoms with Gasteiger partial charge < -0.3 is 24.3 Å². The number of hydrogen-bond donors (Lipinski definition) is 2. The molecule has 146 valence electrons. The lowest BCUT2D eigenvalue weighted by atomic mass is 9.94. The number of aromatic hydroxyl groups is 1. The van der Waals surface area contributed by atoms with Crippen molar-refractivity contribution < 1.29 is 24.5 Å². The molecule has 2 N–H and O–H groups in total. The number of fused-ring (bicyclic) bond motifs is 4. The number of rotatable bonds is 3. The number of nitrogens with zero attached hydrogens (tertiary/aromatic N) is 1. The van der Waals surface area contributed by atoms with Gasteiger partial charge in [-0.2, -0.15) is 0 Å². The Hall–Kier alpha value is -3.06. The highest BCUT2D eigenvalue weighted by Crippen LogP contribution is 2.41. The van der Waals surface area contributed by atoms with Crippen molar-refractivity contribution in [2.75, 3.05) is 6.61 Å². The number of carbonyl (C=O) groups is 1. The molecule has 0 bridgehead atoms. The number of esters is 1. The molecule has 0 fully saturated rings. The standard InChI is InChI=1S/C21H21NO6/c1-11(23)27-10-21(2,26)17-8-13-16(28-17)9-15(24)18-19(13)22(3)14-7-5-4-6-12(14)20(18)25/h4-7,9,17,24,26H,8,10H2,1-3H3. The molecule has 4 rings (SSSR count). The molecule has 7 nitrogen and oxygen atoms in total. The molecule has 28 heavy (non-hydrogen) atoms. The third kappa shape index (κ3) is 2.70. The number of benzene rings is 2. The Labute approximate surface area is 160 Å². The molecule has 0 aliphatic carbocycles. The first-order valence-corrected chi connectivity index (χ1v) is 8.99. The van der Waals surface area contributed by atoms with Crippen LogP contribution in [0.5, 0.6) is 11.5 Å². The summed E-state index contributed by atoms with van der Waals surface area (Å²) in [6.07, 6.45) is -0.375. The van der Waals surface area contributed by atoms with Crippen molar-refractivity contribution in [2.45, 2.75) is 32.0 Å². The van der Waals surface area contributed by atoms with Gasteiger partial charge in [0.1, 0.15) is 29.8 Å². The summed E-state index contributed by atoms with van der Waals surface area (Å²) in [6.45, 7) is 2.59. The smallest absolute Gasteiger partial charge is 0.302 e. The van der Waals surface area contributed by atoms with Crippen LogP contribution < -0.4 is 10.2 Å². The van der Waals surface area contributed by atoms with Crippen LogP contribution >= 0.6 is 0 Å². The first-order valence-electron chi connectivity index (χ1n) is 8.99. The number of phenolic OH excluding ortho intramolecular Hbond substituents is 1. The van der Waals surface area contributed by atoms with Gasteiger partial charge in [0.15, 0.2) is 0 Å². The van der Waals surface area contributed by atoms with Crippen molar-refractivity contribution >= 4 is 27.8 Å². The van der Waals surface area contributed by atoms with Gasteiger partial charge in [-0.3, -0.25) is 9.59 Å². The summed E-state index contributed by atoms with van der Waals surface area (Å²) in [6, 6.07) is 8.62. The highest BCUT2D eigenvalue weighted by atomic mass is 16.6. The molecule has 0 spiro atoms. The Bertz CT molecular complexity index is 1180. The van der Waals surface area contributed by atoms with Gasteiger partial charge in [-0.05, 0) is 19.1 Å². The molecular formula is C21H21NO6. The molecule has 2 aromatic carbocycles. The molecule has 1 aliphatic heterocycles. The average molecular weight is 383 g/mol. The van der Waals surface area contributed by atoms with Crippen molar-refractivity contribution in [3.05, 3.63) is 46.1 Å². The molecular weight excluding hydrogens is 362 g/mol. The van der Waals surface area contributed by atoms with E-state index in [1.165, 1.54) is 19.9 Å². The quantitative estimate of drug-likeness (QED) is 0.530. The maximum atomic E-state index is 13.0. The minimum absolute atomic E-state index is 0.166. The molecule has 0 saturated heterocycles. The van der Waals surface area contributed by atoms with Gasteiger partial charge >= 0.3 is 5.97 Å². The van der Waals surface area contributed by atoms with E-state index in [1.807, 2.05) is 23.7 Å². The minimum Gasteiger partial charge on any atom is -0.507 e. The van der Waals surface area contributed by atoms with E-state index in [9.17, 15) is 19.8 Å². The highest BCUT2D eigenvalue weighted by Gasteiger charge is 2.41. The maximum Gasteiger partial charge on any atom is 0.302 e. The third-order valence-corrected chi connectivity index (χ3v) is 5.34. The van der Waals surface area contributed by atoms with E-state index in [4.69, 9.17) is 9.47 Å². The third-order valence-electron chi connectivity index (χ3n) is 5.34. The average Bonchev–Trinajstić information content (AvgIpc) is 3.08. The van der Waals surface area contributed by atoms with Crippen LogP contribution in [0.3, 0.4) is 0 Å². The fourth-order valence-electron chi connectivity index (χ4n) is 3.85. The van der Waals surface area contributed by atoms with Gasteiger partial charge in [-0.1, -0.05) is 12.1 Å². The normalized spacial score (nSPS) is 17.9. The lowest BCUT2D eigenvalue weighted by Gasteiger charge is -2.28. The van der Waals surface area contributed by atoms with Crippen LogP contribution in [0, 0.1) is 0 Å². The Kier molecular flexibility index (Phi) is 4.08. The van der Waals surface area contributed by atoms with Gasteiger partial charge in [0.2, 0.25) is 5.43 Å². The van der Waals surface area contributed by atoms with E-state index in [1.54, 1.807) is 12.1 Å². The van der Waals surface area contributed by atoms with Crippen LogP contribution in [-0.4, -0.2) is 39.1 Å². The summed E-state index contributed by atoms with van der Waals surface area (Å²) in [5, 5.41) is 22.0. The Morgan fingerprint density at radius 2 is 2.11 bits per heavy atom. The van der Waals surface area contributed by atoms with Crippen molar-refractivity contribution in [2.24, 2.45) is 7.05 Å². The van der Waals surface area contributed by atoms with Crippen LogP contribution in [0.4, 0.5) is 0 Å². The van der Waals surface area contributed by atoms with Gasteiger partial charge in [0, 0.05) is 37.4 Å². The molecule has 2 unspecified atom stereocenters. The van der Waals surface area contributed by atoms with Crippen LogP contribution in [0.25, 0.3) is 21.8 Å². The predicted octanol–water partition coefficient (Wildman–Crippen LogP) is 2.01. The summed E-state index contributed by atoms with van der Waals surface area (Å²) < 4.78 is 12.7. The van der Waals surface area contributed by atoms with E-state index in [2.05, 4.69) is 0 Å². The monoisotopic (exact) mass is 383 g/mol. The maximum absolute atomic E-state index is 13.0. The zero-order chi connectivity index (χ0) is 20.2. The van der Waals surface area contributed by atoms with E-state index in [-0.39, 0.29) is 23.2 Å². The molecule has 0 amide bonds. The zero-order valence-corrected chi connectivity index (χ0v) is 15.9. The topological polar surface area (TPSA) is 98.0 Å². The lowest BCUT2D eigenvalue weighted by Crippen LogP contribution is -2.46. The zero-order valence-electron chi connectivity index (χ0n) is 15.9. The van der Waals surface area contributed by atoms with Crippen LogP contribution in [-0.2, 0) is 23.0 Å². The molecule has 2 atom stereocenters. The summed E-state index contributed by atoms with van der Waals surface area (Å²) >= 11 is 0. The van der Waals surface area contributed by atoms with E-state index >= 15 is 0 Å². The van der Waals surface area contributed by atoms with E-state index in [0.717, 1.165) is 11.1 Å². The SMILES string of the molecule is CC(=O)OCC(C)(O)C1Cc2c(cc(O)c3c(=O)c4ccccc4n(C)c23)O1. The molecule has 3 aromatic rings. The molecule has 1 aromatic heterocycles. The number of aryl methyl sites for hydroxylation is 1. The second-order valence-corrected chi connectivity index (χ2v) is 7.45. The summed E-state index contributed by atoms with van der Waals surface area (Å²) in [4.78, 5) is 24.1. The molecule has 0 saturated carbocycles. The Balaban J connectivity index is 1.89. The number of carbonyl (C=O) groups excluding carboxylic acids is 1. The Morgan fingerprint density at radius 1 is 1.39 bits per heavy atom. The van der Waals surface area contributed by atoms with Crippen molar-refractivity contribution in [3.63, 3.8) is 0 Å². The first kappa shape index (κ1) is 18.3. The number of para-hydroxylation sites is 1. The van der Waals surface area contributed by atoms with Gasteiger partial charge in [0.25, 0.3) is 0 Å². The predicted molar refractivity (Wildman–Crippen MR) is 104 cm³/mol. The van der Waals surface area contributed by atoms with Gasteiger partial charge in [0.05, 0.1) is 16.4 Å².